The summed E-state index contributed by atoms with van der Waals surface area (Å²) in [5.41, 5.74) is 4.07. The Bertz CT molecular complexity index is 1120. The first kappa shape index (κ1) is 26.0. The number of carbonyl (C=O) groups is 2. The summed E-state index contributed by atoms with van der Waals surface area (Å²) in [5, 5.41) is 3.93. The first-order chi connectivity index (χ1) is 17.5. The molecule has 1 saturated carbocycles. The molecule has 36 heavy (non-hydrogen) atoms. The van der Waals surface area contributed by atoms with Crippen LogP contribution in [0.4, 0.5) is 0 Å². The van der Waals surface area contributed by atoms with Gasteiger partial charge in [-0.05, 0) is 48.6 Å². The molecule has 0 aromatic heterocycles. The largest absolute Gasteiger partial charge is 0.352 e. The molecule has 0 unspecified atom stereocenters. The molecule has 0 saturated heterocycles. The van der Waals surface area contributed by atoms with Gasteiger partial charge in [0.05, 0.1) is 6.42 Å². The third kappa shape index (κ3) is 7.44. The van der Waals surface area contributed by atoms with Crippen LogP contribution in [0, 0.1) is 6.92 Å². The summed E-state index contributed by atoms with van der Waals surface area (Å²) in [6.45, 7) is 2.38. The van der Waals surface area contributed by atoms with Crippen molar-refractivity contribution < 1.29 is 9.59 Å². The first-order valence-corrected chi connectivity index (χ1v) is 13.3. The summed E-state index contributed by atoms with van der Waals surface area (Å²) in [5.74, 6) is -0.134. The number of benzene rings is 3. The van der Waals surface area contributed by atoms with Gasteiger partial charge in [-0.15, -0.1) is 0 Å². The summed E-state index contributed by atoms with van der Waals surface area (Å²) in [4.78, 5) is 29.4. The Kier molecular flexibility index (Phi) is 9.18. The van der Waals surface area contributed by atoms with Crippen LogP contribution >= 0.6 is 11.6 Å². The predicted octanol–water partition coefficient (Wildman–Crippen LogP) is 6.28. The van der Waals surface area contributed by atoms with Crippen molar-refractivity contribution in [3.8, 4) is 0 Å². The fourth-order valence-electron chi connectivity index (χ4n) is 4.87. The molecular formula is C31H35ClN2O2. The number of rotatable bonds is 9. The third-order valence-electron chi connectivity index (χ3n) is 6.96. The lowest BCUT2D eigenvalue weighted by Crippen LogP contribution is -2.53. The highest BCUT2D eigenvalue weighted by Crippen LogP contribution is 2.21. The van der Waals surface area contributed by atoms with Gasteiger partial charge in [0.15, 0.2) is 0 Å². The zero-order valence-electron chi connectivity index (χ0n) is 21.0. The SMILES string of the molecule is Cc1ccc(CC(=O)N(Cc2ccc(Cl)cc2)[C@H](Cc2ccccc2)C(=O)NC2CCCCC2)cc1. The lowest BCUT2D eigenvalue weighted by Gasteiger charge is -2.33. The average Bonchev–Trinajstić information content (AvgIpc) is 2.89. The maximum absolute atomic E-state index is 13.8. The zero-order chi connectivity index (χ0) is 25.3. The average molecular weight is 503 g/mol. The van der Waals surface area contributed by atoms with E-state index in [0.29, 0.717) is 18.0 Å². The van der Waals surface area contributed by atoms with E-state index < -0.39 is 6.04 Å². The smallest absolute Gasteiger partial charge is 0.243 e. The van der Waals surface area contributed by atoms with E-state index in [-0.39, 0.29) is 24.3 Å². The number of nitrogens with one attached hydrogen (secondary N) is 1. The normalized spacial score (nSPS) is 14.7. The van der Waals surface area contributed by atoms with E-state index in [4.69, 9.17) is 11.6 Å². The van der Waals surface area contributed by atoms with Crippen LogP contribution < -0.4 is 5.32 Å². The maximum atomic E-state index is 13.8. The van der Waals surface area contributed by atoms with Gasteiger partial charge in [0.25, 0.3) is 0 Å². The summed E-state index contributed by atoms with van der Waals surface area (Å²) in [6, 6.07) is 25.0. The van der Waals surface area contributed by atoms with E-state index in [9.17, 15) is 9.59 Å². The molecule has 0 radical (unpaired) electrons. The maximum Gasteiger partial charge on any atom is 0.243 e. The molecule has 2 amide bonds. The highest BCUT2D eigenvalue weighted by Gasteiger charge is 2.31. The Morgan fingerprint density at radius 1 is 0.861 bits per heavy atom. The van der Waals surface area contributed by atoms with Crippen LogP contribution in [0.25, 0.3) is 0 Å². The molecule has 1 aliphatic carbocycles. The second-order valence-corrected chi connectivity index (χ2v) is 10.3. The van der Waals surface area contributed by atoms with Crippen molar-refractivity contribution in [3.05, 3.63) is 106 Å². The van der Waals surface area contributed by atoms with Crippen LogP contribution in [-0.4, -0.2) is 28.8 Å². The second-order valence-electron chi connectivity index (χ2n) is 9.86. The van der Waals surface area contributed by atoms with E-state index in [1.165, 1.54) is 6.42 Å². The van der Waals surface area contributed by atoms with Gasteiger partial charge in [0.2, 0.25) is 11.8 Å². The molecule has 0 heterocycles. The summed E-state index contributed by atoms with van der Waals surface area (Å²) >= 11 is 6.11. The Hall–Kier alpha value is -3.11. The van der Waals surface area contributed by atoms with Crippen molar-refractivity contribution in [2.24, 2.45) is 0 Å². The number of halogens is 1. The van der Waals surface area contributed by atoms with E-state index in [1.807, 2.05) is 85.8 Å². The third-order valence-corrected chi connectivity index (χ3v) is 7.22. The van der Waals surface area contributed by atoms with Crippen molar-refractivity contribution >= 4 is 23.4 Å². The molecule has 0 aliphatic heterocycles. The molecular weight excluding hydrogens is 468 g/mol. The molecule has 0 bridgehead atoms. The second kappa shape index (κ2) is 12.7. The van der Waals surface area contributed by atoms with Crippen LogP contribution in [0.3, 0.4) is 0 Å². The Morgan fingerprint density at radius 2 is 1.50 bits per heavy atom. The number of hydrogen-bond acceptors (Lipinski definition) is 2. The minimum atomic E-state index is -0.608. The van der Waals surface area contributed by atoms with Gasteiger partial charge in [0, 0.05) is 24.0 Å². The monoisotopic (exact) mass is 502 g/mol. The van der Waals surface area contributed by atoms with Gasteiger partial charge in [-0.3, -0.25) is 9.59 Å². The molecule has 4 rings (SSSR count). The summed E-state index contributed by atoms with van der Waals surface area (Å²) < 4.78 is 0. The van der Waals surface area contributed by atoms with E-state index >= 15 is 0 Å². The minimum Gasteiger partial charge on any atom is -0.352 e. The molecule has 1 fully saturated rings. The van der Waals surface area contributed by atoms with Crippen LogP contribution in [0.5, 0.6) is 0 Å². The van der Waals surface area contributed by atoms with E-state index in [0.717, 1.165) is 47.9 Å². The molecule has 5 heteroatoms. The van der Waals surface area contributed by atoms with Gasteiger partial charge >= 0.3 is 0 Å². The lowest BCUT2D eigenvalue weighted by molar-refractivity contribution is -0.141. The quantitative estimate of drug-likeness (QED) is 0.374. The van der Waals surface area contributed by atoms with E-state index in [1.54, 1.807) is 4.90 Å². The molecule has 188 valence electrons. The summed E-state index contributed by atoms with van der Waals surface area (Å²) in [7, 11) is 0. The van der Waals surface area contributed by atoms with Gasteiger partial charge in [-0.25, -0.2) is 0 Å². The number of amides is 2. The Labute approximate surface area is 219 Å². The minimum absolute atomic E-state index is 0.0615. The lowest BCUT2D eigenvalue weighted by atomic mass is 9.94. The highest BCUT2D eigenvalue weighted by molar-refractivity contribution is 6.30. The van der Waals surface area contributed by atoms with Gasteiger partial charge in [-0.1, -0.05) is 103 Å². The Balaban J connectivity index is 1.64. The predicted molar refractivity (Wildman–Crippen MR) is 146 cm³/mol. The standard InChI is InChI=1S/C31H35ClN2O2/c1-23-12-14-25(15-13-23)21-30(35)34(22-26-16-18-27(32)19-17-26)29(20-24-8-4-2-5-9-24)31(36)33-28-10-6-3-7-11-28/h2,4-5,8-9,12-19,28-29H,3,6-7,10-11,20-22H2,1H3,(H,33,36)/t29-/m1/s1. The molecule has 3 aromatic carbocycles. The molecule has 4 nitrogen and oxygen atoms in total. The van der Waals surface area contributed by atoms with Crippen LogP contribution in [0.15, 0.2) is 78.9 Å². The topological polar surface area (TPSA) is 49.4 Å². The van der Waals surface area contributed by atoms with Gasteiger partial charge < -0.3 is 10.2 Å². The van der Waals surface area contributed by atoms with Crippen LogP contribution in [0.2, 0.25) is 5.02 Å². The van der Waals surface area contributed by atoms with Crippen LogP contribution in [-0.2, 0) is 29.0 Å². The molecule has 1 N–H and O–H groups in total. The first-order valence-electron chi connectivity index (χ1n) is 12.9. The number of nitrogens with zero attached hydrogens (tertiary/aromatic N) is 1. The fourth-order valence-corrected chi connectivity index (χ4v) is 4.99. The molecule has 0 spiro atoms. The summed E-state index contributed by atoms with van der Waals surface area (Å²) in [6.07, 6.45) is 6.20. The van der Waals surface area contributed by atoms with Gasteiger partial charge in [0.1, 0.15) is 6.04 Å². The van der Waals surface area contributed by atoms with Crippen molar-refractivity contribution in [1.82, 2.24) is 10.2 Å². The van der Waals surface area contributed by atoms with Crippen LogP contribution in [0.1, 0.15) is 54.4 Å². The molecule has 1 atom stereocenters. The van der Waals surface area contributed by atoms with Crippen molar-refractivity contribution in [2.75, 3.05) is 0 Å². The van der Waals surface area contributed by atoms with Crippen molar-refractivity contribution in [1.29, 1.82) is 0 Å². The van der Waals surface area contributed by atoms with Crippen molar-refractivity contribution in [3.63, 3.8) is 0 Å². The van der Waals surface area contributed by atoms with Crippen molar-refractivity contribution in [2.45, 2.75) is 70.5 Å². The number of carbonyl (C=O) groups excluding carboxylic acids is 2. The Morgan fingerprint density at radius 3 is 2.17 bits per heavy atom. The molecule has 1 aliphatic rings. The molecule has 3 aromatic rings. The zero-order valence-corrected chi connectivity index (χ0v) is 21.7. The van der Waals surface area contributed by atoms with E-state index in [2.05, 4.69) is 5.32 Å². The number of aryl methyl sites for hydroxylation is 1. The van der Waals surface area contributed by atoms with Gasteiger partial charge in [-0.2, -0.15) is 0 Å². The fraction of sp³-hybridized carbons (Fsp3) is 0.355. The highest BCUT2D eigenvalue weighted by atomic mass is 35.5. The number of hydrogen-bond donors (Lipinski definition) is 1.